The molecule has 2 rings (SSSR count). The Morgan fingerprint density at radius 1 is 1.50 bits per heavy atom. The lowest BCUT2D eigenvalue weighted by Crippen LogP contribution is -2.34. The predicted molar refractivity (Wildman–Crippen MR) is 68.9 cm³/mol. The molecule has 2 N–H and O–H groups in total. The van der Waals surface area contributed by atoms with Gasteiger partial charge in [-0.1, -0.05) is 25.4 Å². The van der Waals surface area contributed by atoms with Crippen molar-refractivity contribution in [2.75, 3.05) is 17.2 Å². The number of nitrogens with zero attached hydrogens (tertiary/aromatic N) is 2. The summed E-state index contributed by atoms with van der Waals surface area (Å²) < 4.78 is 0. The van der Waals surface area contributed by atoms with Gasteiger partial charge in [0.25, 0.3) is 0 Å². The number of nitrogens with two attached hydrogens (primary N) is 1. The first-order valence-corrected chi connectivity index (χ1v) is 6.16. The molecule has 1 atom stereocenters. The van der Waals surface area contributed by atoms with E-state index in [4.69, 9.17) is 17.3 Å². The highest BCUT2D eigenvalue weighted by Crippen LogP contribution is 2.32. The van der Waals surface area contributed by atoms with Crippen molar-refractivity contribution in [2.45, 2.75) is 32.7 Å². The number of aromatic nitrogens is 1. The molecule has 0 aromatic carbocycles. The van der Waals surface area contributed by atoms with Gasteiger partial charge in [0.1, 0.15) is 5.15 Å². The molecular formula is C12H18ClN3. The minimum Gasteiger partial charge on any atom is -0.396 e. The molecule has 1 unspecified atom stereocenters. The highest BCUT2D eigenvalue weighted by Gasteiger charge is 2.29. The van der Waals surface area contributed by atoms with E-state index in [1.165, 1.54) is 12.8 Å². The van der Waals surface area contributed by atoms with Crippen molar-refractivity contribution in [3.63, 3.8) is 0 Å². The largest absolute Gasteiger partial charge is 0.396 e. The first kappa shape index (κ1) is 11.5. The Morgan fingerprint density at radius 3 is 2.94 bits per heavy atom. The van der Waals surface area contributed by atoms with Gasteiger partial charge in [-0.2, -0.15) is 0 Å². The highest BCUT2D eigenvalue weighted by molar-refractivity contribution is 6.29. The van der Waals surface area contributed by atoms with Crippen molar-refractivity contribution in [1.29, 1.82) is 0 Å². The molecule has 0 amide bonds. The van der Waals surface area contributed by atoms with Crippen LogP contribution in [0.3, 0.4) is 0 Å². The molecule has 2 heterocycles. The lowest BCUT2D eigenvalue weighted by Gasteiger charge is -2.29. The number of hydrogen-bond donors (Lipinski definition) is 1. The van der Waals surface area contributed by atoms with Gasteiger partial charge in [0.2, 0.25) is 0 Å². The summed E-state index contributed by atoms with van der Waals surface area (Å²) in [6, 6.07) is 4.11. The maximum absolute atomic E-state index is 5.97. The number of anilines is 2. The Hall–Kier alpha value is -0.960. The molecule has 4 heteroatoms. The van der Waals surface area contributed by atoms with Crippen LogP contribution in [-0.2, 0) is 0 Å². The van der Waals surface area contributed by atoms with Gasteiger partial charge in [-0.3, -0.25) is 0 Å². The fourth-order valence-corrected chi connectivity index (χ4v) is 2.56. The van der Waals surface area contributed by atoms with Crippen molar-refractivity contribution in [3.05, 3.63) is 17.3 Å². The van der Waals surface area contributed by atoms with E-state index < -0.39 is 0 Å². The minimum atomic E-state index is 0.513. The van der Waals surface area contributed by atoms with E-state index in [1.807, 2.05) is 6.07 Å². The van der Waals surface area contributed by atoms with Crippen LogP contribution >= 0.6 is 11.6 Å². The third-order valence-corrected chi connectivity index (χ3v) is 3.42. The Labute approximate surface area is 102 Å². The normalized spacial score (nSPS) is 20.8. The second-order valence-electron chi connectivity index (χ2n) is 4.69. The molecule has 1 fully saturated rings. The zero-order valence-electron chi connectivity index (χ0n) is 9.78. The maximum Gasteiger partial charge on any atom is 0.153 e. The molecule has 0 radical (unpaired) electrons. The molecule has 0 aliphatic carbocycles. The summed E-state index contributed by atoms with van der Waals surface area (Å²) in [5.41, 5.74) is 6.69. The Bertz CT molecular complexity index is 379. The molecule has 1 saturated heterocycles. The first-order valence-electron chi connectivity index (χ1n) is 5.78. The molecule has 1 aliphatic rings. The fraction of sp³-hybridized carbons (Fsp3) is 0.583. The quantitative estimate of drug-likeness (QED) is 0.807. The number of rotatable bonds is 2. The SMILES string of the molecule is CC(C)C1CCCN1c1nc(Cl)ccc1N. The standard InChI is InChI=1S/C12H18ClN3/c1-8(2)10-4-3-7-16(10)12-9(14)5-6-11(13)15-12/h5-6,8,10H,3-4,7,14H2,1-2H3. The molecular weight excluding hydrogens is 222 g/mol. The summed E-state index contributed by atoms with van der Waals surface area (Å²) in [7, 11) is 0. The van der Waals surface area contributed by atoms with Crippen molar-refractivity contribution in [3.8, 4) is 0 Å². The Morgan fingerprint density at radius 2 is 2.25 bits per heavy atom. The molecule has 1 aliphatic heterocycles. The number of halogens is 1. The van der Waals surface area contributed by atoms with E-state index in [0.717, 1.165) is 18.1 Å². The van der Waals surface area contributed by atoms with Crippen LogP contribution in [0.25, 0.3) is 0 Å². The lowest BCUT2D eigenvalue weighted by molar-refractivity contribution is 0.490. The van der Waals surface area contributed by atoms with Gasteiger partial charge in [-0.25, -0.2) is 4.98 Å². The molecule has 0 spiro atoms. The molecule has 3 nitrogen and oxygen atoms in total. The van der Waals surface area contributed by atoms with Crippen LogP contribution in [0.5, 0.6) is 0 Å². The summed E-state index contributed by atoms with van der Waals surface area (Å²) in [6.07, 6.45) is 2.42. The van der Waals surface area contributed by atoms with Crippen molar-refractivity contribution in [1.82, 2.24) is 4.98 Å². The fourth-order valence-electron chi connectivity index (χ4n) is 2.41. The molecule has 0 bridgehead atoms. The summed E-state index contributed by atoms with van der Waals surface area (Å²) in [5, 5.41) is 0.513. The summed E-state index contributed by atoms with van der Waals surface area (Å²) in [6.45, 7) is 5.51. The highest BCUT2D eigenvalue weighted by atomic mass is 35.5. The van der Waals surface area contributed by atoms with Crippen LogP contribution in [0.4, 0.5) is 11.5 Å². The van der Waals surface area contributed by atoms with Crippen LogP contribution in [-0.4, -0.2) is 17.6 Å². The second-order valence-corrected chi connectivity index (χ2v) is 5.08. The van der Waals surface area contributed by atoms with Gasteiger partial charge in [-0.05, 0) is 30.9 Å². The van der Waals surface area contributed by atoms with Gasteiger partial charge in [-0.15, -0.1) is 0 Å². The van der Waals surface area contributed by atoms with E-state index in [1.54, 1.807) is 6.07 Å². The van der Waals surface area contributed by atoms with E-state index in [-0.39, 0.29) is 0 Å². The van der Waals surface area contributed by atoms with Crippen LogP contribution in [0.2, 0.25) is 5.15 Å². The van der Waals surface area contributed by atoms with Crippen LogP contribution in [0.15, 0.2) is 12.1 Å². The molecule has 1 aromatic heterocycles. The van der Waals surface area contributed by atoms with Gasteiger partial charge >= 0.3 is 0 Å². The summed E-state index contributed by atoms with van der Waals surface area (Å²) in [5.74, 6) is 1.46. The molecule has 0 saturated carbocycles. The van der Waals surface area contributed by atoms with Gasteiger partial charge in [0.15, 0.2) is 5.82 Å². The monoisotopic (exact) mass is 239 g/mol. The van der Waals surface area contributed by atoms with Crippen molar-refractivity contribution in [2.24, 2.45) is 5.92 Å². The Kier molecular flexibility index (Phi) is 3.24. The van der Waals surface area contributed by atoms with Gasteiger partial charge in [0.05, 0.1) is 5.69 Å². The van der Waals surface area contributed by atoms with Crippen LogP contribution in [0, 0.1) is 5.92 Å². The third kappa shape index (κ3) is 2.09. The molecule has 16 heavy (non-hydrogen) atoms. The van der Waals surface area contributed by atoms with E-state index in [2.05, 4.69) is 23.7 Å². The summed E-state index contributed by atoms with van der Waals surface area (Å²) >= 11 is 5.93. The molecule has 88 valence electrons. The van der Waals surface area contributed by atoms with Crippen LogP contribution < -0.4 is 10.6 Å². The zero-order chi connectivity index (χ0) is 11.7. The summed E-state index contributed by atoms with van der Waals surface area (Å²) in [4.78, 5) is 6.65. The second kappa shape index (κ2) is 4.50. The van der Waals surface area contributed by atoms with E-state index in [9.17, 15) is 0 Å². The van der Waals surface area contributed by atoms with E-state index >= 15 is 0 Å². The number of hydrogen-bond acceptors (Lipinski definition) is 3. The average Bonchev–Trinajstić information content (AvgIpc) is 2.70. The van der Waals surface area contributed by atoms with Gasteiger partial charge < -0.3 is 10.6 Å². The topological polar surface area (TPSA) is 42.2 Å². The Balaban J connectivity index is 2.32. The van der Waals surface area contributed by atoms with E-state index in [0.29, 0.717) is 17.1 Å². The maximum atomic E-state index is 5.97. The zero-order valence-corrected chi connectivity index (χ0v) is 10.5. The number of pyridine rings is 1. The minimum absolute atomic E-state index is 0.513. The average molecular weight is 240 g/mol. The third-order valence-electron chi connectivity index (χ3n) is 3.21. The van der Waals surface area contributed by atoms with Crippen molar-refractivity contribution < 1.29 is 0 Å². The number of nitrogen functional groups attached to an aromatic ring is 1. The molecule has 1 aromatic rings. The van der Waals surface area contributed by atoms with Gasteiger partial charge in [0, 0.05) is 12.6 Å². The predicted octanol–water partition coefficient (Wildman–Crippen LogP) is 2.94. The lowest BCUT2D eigenvalue weighted by atomic mass is 10.0. The first-order chi connectivity index (χ1) is 7.59. The van der Waals surface area contributed by atoms with Crippen LogP contribution in [0.1, 0.15) is 26.7 Å². The smallest absolute Gasteiger partial charge is 0.153 e. The van der Waals surface area contributed by atoms with Crippen molar-refractivity contribution >= 4 is 23.1 Å².